The van der Waals surface area contributed by atoms with Crippen LogP contribution in [0.15, 0.2) is 48.7 Å². The van der Waals surface area contributed by atoms with E-state index in [1.807, 2.05) is 36.0 Å². The summed E-state index contributed by atoms with van der Waals surface area (Å²) in [5, 5.41) is 9.90. The summed E-state index contributed by atoms with van der Waals surface area (Å²) in [5.74, 6) is -0.230. The second-order valence-corrected chi connectivity index (χ2v) is 4.06. The van der Waals surface area contributed by atoms with Gasteiger partial charge in [0, 0.05) is 30.9 Å². The van der Waals surface area contributed by atoms with Crippen LogP contribution in [-0.4, -0.2) is 21.6 Å². The average Bonchev–Trinajstić information content (AvgIpc) is 2.75. The SMILES string of the molecule is Cn1cccc1CC(O)C(=O)c1ccccc1. The molecule has 0 saturated carbocycles. The number of hydrogen-bond donors (Lipinski definition) is 1. The van der Waals surface area contributed by atoms with Crippen LogP contribution in [0, 0.1) is 0 Å². The molecule has 1 N–H and O–H groups in total. The minimum atomic E-state index is -0.981. The molecule has 2 rings (SSSR count). The molecule has 0 saturated heterocycles. The molecule has 1 heterocycles. The van der Waals surface area contributed by atoms with Gasteiger partial charge in [0.15, 0.2) is 5.78 Å². The first-order chi connectivity index (χ1) is 8.18. The van der Waals surface area contributed by atoms with Crippen LogP contribution < -0.4 is 0 Å². The van der Waals surface area contributed by atoms with Crippen LogP contribution in [0.5, 0.6) is 0 Å². The summed E-state index contributed by atoms with van der Waals surface area (Å²) in [6.07, 6.45) is 1.26. The molecule has 1 unspecified atom stereocenters. The fraction of sp³-hybridized carbons (Fsp3) is 0.214. The van der Waals surface area contributed by atoms with Gasteiger partial charge in [0.05, 0.1) is 0 Å². The monoisotopic (exact) mass is 229 g/mol. The number of aromatic nitrogens is 1. The third-order valence-corrected chi connectivity index (χ3v) is 2.81. The normalized spacial score (nSPS) is 12.4. The van der Waals surface area contributed by atoms with E-state index in [0.717, 1.165) is 5.69 Å². The summed E-state index contributed by atoms with van der Waals surface area (Å²) in [6.45, 7) is 0. The van der Waals surface area contributed by atoms with Crippen molar-refractivity contribution in [3.63, 3.8) is 0 Å². The Morgan fingerprint density at radius 3 is 2.53 bits per heavy atom. The number of ketones is 1. The molecule has 0 spiro atoms. The highest BCUT2D eigenvalue weighted by Gasteiger charge is 2.18. The highest BCUT2D eigenvalue weighted by molar-refractivity contribution is 5.99. The van der Waals surface area contributed by atoms with Gasteiger partial charge in [-0.2, -0.15) is 0 Å². The van der Waals surface area contributed by atoms with Crippen LogP contribution >= 0.6 is 0 Å². The number of aryl methyl sites for hydroxylation is 1. The second-order valence-electron chi connectivity index (χ2n) is 4.06. The van der Waals surface area contributed by atoms with E-state index in [9.17, 15) is 9.90 Å². The second kappa shape index (κ2) is 4.97. The van der Waals surface area contributed by atoms with E-state index in [0.29, 0.717) is 12.0 Å². The van der Waals surface area contributed by atoms with Crippen molar-refractivity contribution < 1.29 is 9.90 Å². The lowest BCUT2D eigenvalue weighted by Gasteiger charge is -2.10. The minimum Gasteiger partial charge on any atom is -0.385 e. The first-order valence-electron chi connectivity index (χ1n) is 5.56. The molecular weight excluding hydrogens is 214 g/mol. The molecule has 0 aliphatic rings. The van der Waals surface area contributed by atoms with E-state index >= 15 is 0 Å². The van der Waals surface area contributed by atoms with Gasteiger partial charge in [0.25, 0.3) is 0 Å². The summed E-state index contributed by atoms with van der Waals surface area (Å²) in [5.41, 5.74) is 1.50. The van der Waals surface area contributed by atoms with Crippen molar-refractivity contribution in [2.24, 2.45) is 7.05 Å². The van der Waals surface area contributed by atoms with Gasteiger partial charge < -0.3 is 9.67 Å². The Bertz CT molecular complexity index is 502. The Kier molecular flexibility index (Phi) is 3.40. The highest BCUT2D eigenvalue weighted by Crippen LogP contribution is 2.09. The molecule has 0 bridgehead atoms. The van der Waals surface area contributed by atoms with Crippen molar-refractivity contribution in [3.8, 4) is 0 Å². The molecule has 88 valence electrons. The fourth-order valence-electron chi connectivity index (χ4n) is 1.79. The molecule has 0 aliphatic carbocycles. The van der Waals surface area contributed by atoms with Crippen molar-refractivity contribution in [3.05, 3.63) is 59.9 Å². The molecule has 3 heteroatoms. The lowest BCUT2D eigenvalue weighted by atomic mass is 10.0. The largest absolute Gasteiger partial charge is 0.385 e. The summed E-state index contributed by atoms with van der Waals surface area (Å²) in [6, 6.07) is 12.7. The van der Waals surface area contributed by atoms with Crippen LogP contribution in [0.25, 0.3) is 0 Å². The van der Waals surface area contributed by atoms with Gasteiger partial charge in [-0.15, -0.1) is 0 Å². The third-order valence-electron chi connectivity index (χ3n) is 2.81. The number of Topliss-reactive ketones (excluding diaryl/α,β-unsaturated/α-hetero) is 1. The van der Waals surface area contributed by atoms with Crippen LogP contribution in [0.1, 0.15) is 16.1 Å². The topological polar surface area (TPSA) is 42.2 Å². The van der Waals surface area contributed by atoms with Gasteiger partial charge >= 0.3 is 0 Å². The van der Waals surface area contributed by atoms with E-state index in [2.05, 4.69) is 0 Å². The van der Waals surface area contributed by atoms with Crippen LogP contribution in [0.2, 0.25) is 0 Å². The van der Waals surface area contributed by atoms with E-state index < -0.39 is 6.10 Å². The summed E-state index contributed by atoms with van der Waals surface area (Å²) >= 11 is 0. The Hall–Kier alpha value is -1.87. The van der Waals surface area contributed by atoms with Crippen molar-refractivity contribution in [1.82, 2.24) is 4.57 Å². The molecule has 0 radical (unpaired) electrons. The predicted octanol–water partition coefficient (Wildman–Crippen LogP) is 1.81. The van der Waals surface area contributed by atoms with E-state index in [1.54, 1.807) is 24.3 Å². The van der Waals surface area contributed by atoms with Crippen LogP contribution in [-0.2, 0) is 13.5 Å². The van der Waals surface area contributed by atoms with Crippen molar-refractivity contribution in [2.75, 3.05) is 0 Å². The quantitative estimate of drug-likeness (QED) is 0.812. The average molecular weight is 229 g/mol. The zero-order chi connectivity index (χ0) is 12.3. The molecule has 17 heavy (non-hydrogen) atoms. The smallest absolute Gasteiger partial charge is 0.191 e. The number of benzene rings is 1. The molecule has 0 amide bonds. The molecule has 2 aromatic rings. The van der Waals surface area contributed by atoms with Gasteiger partial charge in [-0.1, -0.05) is 30.3 Å². The Balaban J connectivity index is 2.09. The van der Waals surface area contributed by atoms with Crippen molar-refractivity contribution >= 4 is 5.78 Å². The Morgan fingerprint density at radius 2 is 1.94 bits per heavy atom. The molecule has 1 aromatic carbocycles. The van der Waals surface area contributed by atoms with E-state index in [4.69, 9.17) is 0 Å². The standard InChI is InChI=1S/C14H15NO2/c1-15-9-5-8-12(15)10-13(16)14(17)11-6-3-2-4-7-11/h2-9,13,16H,10H2,1H3. The summed E-state index contributed by atoms with van der Waals surface area (Å²) in [7, 11) is 1.90. The Labute approximate surface area is 100 Å². The lowest BCUT2D eigenvalue weighted by Crippen LogP contribution is -2.23. The van der Waals surface area contributed by atoms with E-state index in [-0.39, 0.29) is 5.78 Å². The first-order valence-corrected chi connectivity index (χ1v) is 5.56. The summed E-state index contributed by atoms with van der Waals surface area (Å²) in [4.78, 5) is 11.9. The van der Waals surface area contributed by atoms with Gasteiger partial charge in [-0.25, -0.2) is 0 Å². The number of carbonyl (C=O) groups excluding carboxylic acids is 1. The van der Waals surface area contributed by atoms with Crippen molar-refractivity contribution in [1.29, 1.82) is 0 Å². The molecule has 0 aliphatic heterocycles. The minimum absolute atomic E-state index is 0.230. The zero-order valence-electron chi connectivity index (χ0n) is 9.71. The predicted molar refractivity (Wildman–Crippen MR) is 65.9 cm³/mol. The number of rotatable bonds is 4. The van der Waals surface area contributed by atoms with Gasteiger partial charge in [0.1, 0.15) is 6.10 Å². The number of aliphatic hydroxyl groups is 1. The van der Waals surface area contributed by atoms with Gasteiger partial charge in [-0.05, 0) is 12.1 Å². The summed E-state index contributed by atoms with van der Waals surface area (Å²) < 4.78 is 1.90. The lowest BCUT2D eigenvalue weighted by molar-refractivity contribution is 0.0745. The van der Waals surface area contributed by atoms with Gasteiger partial charge in [-0.3, -0.25) is 4.79 Å². The van der Waals surface area contributed by atoms with Gasteiger partial charge in [0.2, 0.25) is 0 Å². The van der Waals surface area contributed by atoms with E-state index in [1.165, 1.54) is 0 Å². The fourth-order valence-corrected chi connectivity index (χ4v) is 1.79. The maximum atomic E-state index is 11.9. The molecule has 0 fully saturated rings. The third kappa shape index (κ3) is 2.63. The van der Waals surface area contributed by atoms with Crippen LogP contribution in [0.4, 0.5) is 0 Å². The maximum Gasteiger partial charge on any atom is 0.191 e. The highest BCUT2D eigenvalue weighted by atomic mass is 16.3. The maximum absolute atomic E-state index is 11.9. The molecular formula is C14H15NO2. The molecule has 3 nitrogen and oxygen atoms in total. The number of aliphatic hydroxyl groups excluding tert-OH is 1. The van der Waals surface area contributed by atoms with Crippen LogP contribution in [0.3, 0.4) is 0 Å². The zero-order valence-corrected chi connectivity index (χ0v) is 9.71. The number of carbonyl (C=O) groups is 1. The molecule has 1 aromatic heterocycles. The molecule has 1 atom stereocenters. The van der Waals surface area contributed by atoms with Crippen molar-refractivity contribution in [2.45, 2.75) is 12.5 Å². The Morgan fingerprint density at radius 1 is 1.24 bits per heavy atom. The number of nitrogens with zero attached hydrogens (tertiary/aromatic N) is 1. The first kappa shape index (κ1) is 11.6. The number of hydrogen-bond acceptors (Lipinski definition) is 2.